The summed E-state index contributed by atoms with van der Waals surface area (Å²) < 4.78 is 0. The molecule has 0 atom stereocenters. The number of hydrogen-bond acceptors (Lipinski definition) is 5. The van der Waals surface area contributed by atoms with Crippen molar-refractivity contribution in [3.63, 3.8) is 0 Å². The Labute approximate surface area is 101 Å². The molecule has 0 spiro atoms. The Hall–Kier alpha value is -2.21. The van der Waals surface area contributed by atoms with Crippen molar-refractivity contribution in [1.29, 1.82) is 0 Å². The van der Waals surface area contributed by atoms with Crippen molar-refractivity contribution in [2.75, 3.05) is 5.73 Å². The molecule has 0 radical (unpaired) electrons. The van der Waals surface area contributed by atoms with Gasteiger partial charge in [0.25, 0.3) is 5.69 Å². The van der Waals surface area contributed by atoms with E-state index in [1.165, 1.54) is 18.3 Å². The largest absolute Gasteiger partial charge is 0.368 e. The number of nitrogens with zero attached hydrogens (tertiary/aromatic N) is 3. The van der Waals surface area contributed by atoms with E-state index in [1.54, 1.807) is 12.1 Å². The Morgan fingerprint density at radius 1 is 1.35 bits per heavy atom. The van der Waals surface area contributed by atoms with Gasteiger partial charge in [0.15, 0.2) is 0 Å². The van der Waals surface area contributed by atoms with E-state index in [2.05, 4.69) is 9.97 Å². The van der Waals surface area contributed by atoms with Crippen molar-refractivity contribution < 1.29 is 4.92 Å². The summed E-state index contributed by atoms with van der Waals surface area (Å²) in [7, 11) is 0. The van der Waals surface area contributed by atoms with Crippen LogP contribution >= 0.6 is 11.6 Å². The van der Waals surface area contributed by atoms with Gasteiger partial charge in [-0.25, -0.2) is 9.97 Å². The van der Waals surface area contributed by atoms with Crippen LogP contribution in [0.5, 0.6) is 0 Å². The first kappa shape index (κ1) is 11.3. The molecule has 7 heteroatoms. The van der Waals surface area contributed by atoms with Gasteiger partial charge >= 0.3 is 0 Å². The number of hydrogen-bond donors (Lipinski definition) is 1. The number of rotatable bonds is 2. The fourth-order valence-electron chi connectivity index (χ4n) is 1.35. The minimum absolute atomic E-state index is 0.0841. The molecule has 2 aromatic rings. The molecule has 0 aliphatic heterocycles. The minimum Gasteiger partial charge on any atom is -0.368 e. The quantitative estimate of drug-likeness (QED) is 0.652. The lowest BCUT2D eigenvalue weighted by Crippen LogP contribution is -1.96. The van der Waals surface area contributed by atoms with Crippen molar-refractivity contribution in [1.82, 2.24) is 9.97 Å². The van der Waals surface area contributed by atoms with Crippen LogP contribution in [-0.2, 0) is 0 Å². The second-order valence-electron chi connectivity index (χ2n) is 3.22. The van der Waals surface area contributed by atoms with Crippen LogP contribution in [-0.4, -0.2) is 14.9 Å². The van der Waals surface area contributed by atoms with Gasteiger partial charge in [-0.3, -0.25) is 10.1 Å². The molecule has 86 valence electrons. The first-order valence-corrected chi connectivity index (χ1v) is 4.98. The highest BCUT2D eigenvalue weighted by atomic mass is 35.5. The SMILES string of the molecule is Nc1nccc(-c2ccc(Cl)c([N+](=O)[O-])c2)n1. The maximum absolute atomic E-state index is 10.7. The number of nitrogens with two attached hydrogens (primary N) is 1. The molecule has 6 nitrogen and oxygen atoms in total. The molecule has 2 N–H and O–H groups in total. The van der Waals surface area contributed by atoms with E-state index < -0.39 is 4.92 Å². The van der Waals surface area contributed by atoms with Crippen molar-refractivity contribution in [3.05, 3.63) is 45.6 Å². The van der Waals surface area contributed by atoms with Crippen LogP contribution < -0.4 is 5.73 Å². The van der Waals surface area contributed by atoms with E-state index in [0.717, 1.165) is 0 Å². The molecule has 1 heterocycles. The van der Waals surface area contributed by atoms with Crippen LogP contribution in [0.1, 0.15) is 0 Å². The Morgan fingerprint density at radius 3 is 2.76 bits per heavy atom. The Kier molecular flexibility index (Phi) is 2.88. The van der Waals surface area contributed by atoms with E-state index in [0.29, 0.717) is 11.3 Å². The van der Waals surface area contributed by atoms with Crippen molar-refractivity contribution in [3.8, 4) is 11.3 Å². The van der Waals surface area contributed by atoms with Gasteiger partial charge in [0.05, 0.1) is 10.6 Å². The lowest BCUT2D eigenvalue weighted by atomic mass is 10.1. The fraction of sp³-hybridized carbons (Fsp3) is 0. The number of nitrogen functional groups attached to an aromatic ring is 1. The molecule has 0 aliphatic carbocycles. The number of nitro groups is 1. The van der Waals surface area contributed by atoms with E-state index in [9.17, 15) is 10.1 Å². The van der Waals surface area contributed by atoms with Crippen LogP contribution in [0.25, 0.3) is 11.3 Å². The first-order valence-electron chi connectivity index (χ1n) is 4.61. The number of nitro benzene ring substituents is 1. The van der Waals surface area contributed by atoms with Crippen molar-refractivity contribution >= 4 is 23.2 Å². The topological polar surface area (TPSA) is 94.9 Å². The van der Waals surface area contributed by atoms with Crippen molar-refractivity contribution in [2.45, 2.75) is 0 Å². The summed E-state index contributed by atoms with van der Waals surface area (Å²) in [6.07, 6.45) is 1.48. The summed E-state index contributed by atoms with van der Waals surface area (Å²) >= 11 is 5.71. The van der Waals surface area contributed by atoms with Gasteiger partial charge in [-0.2, -0.15) is 0 Å². The molecule has 0 saturated carbocycles. The maximum Gasteiger partial charge on any atom is 0.288 e. The number of anilines is 1. The average molecular weight is 251 g/mol. The second-order valence-corrected chi connectivity index (χ2v) is 3.63. The Balaban J connectivity index is 2.54. The van der Waals surface area contributed by atoms with Gasteiger partial charge in [0, 0.05) is 17.8 Å². The molecule has 17 heavy (non-hydrogen) atoms. The smallest absolute Gasteiger partial charge is 0.288 e. The van der Waals surface area contributed by atoms with Crippen LogP contribution in [0.2, 0.25) is 5.02 Å². The third-order valence-electron chi connectivity index (χ3n) is 2.11. The summed E-state index contributed by atoms with van der Waals surface area (Å²) in [5.41, 5.74) is 6.35. The second kappa shape index (κ2) is 4.34. The lowest BCUT2D eigenvalue weighted by Gasteiger charge is -2.02. The third-order valence-corrected chi connectivity index (χ3v) is 2.43. The van der Waals surface area contributed by atoms with Gasteiger partial charge < -0.3 is 5.73 Å². The standard InChI is InChI=1S/C10H7ClN4O2/c11-7-2-1-6(5-9(7)15(16)17)8-3-4-13-10(12)14-8/h1-5H,(H2,12,13,14). The van der Waals surface area contributed by atoms with Gasteiger partial charge in [0.1, 0.15) is 5.02 Å². The zero-order valence-corrected chi connectivity index (χ0v) is 9.26. The molecule has 0 amide bonds. The normalized spacial score (nSPS) is 10.2. The highest BCUT2D eigenvalue weighted by molar-refractivity contribution is 6.32. The molecule has 0 aliphatic rings. The monoisotopic (exact) mass is 250 g/mol. The minimum atomic E-state index is -0.545. The summed E-state index contributed by atoms with van der Waals surface area (Å²) in [6.45, 7) is 0. The average Bonchev–Trinajstić information content (AvgIpc) is 2.29. The number of halogens is 1. The molecule has 0 fully saturated rings. The first-order chi connectivity index (χ1) is 8.08. The molecular weight excluding hydrogens is 244 g/mol. The summed E-state index contributed by atoms with van der Waals surface area (Å²) in [5.74, 6) is 0.111. The molecular formula is C10H7ClN4O2. The van der Waals surface area contributed by atoms with Gasteiger partial charge in [-0.05, 0) is 12.1 Å². The predicted octanol–water partition coefficient (Wildman–Crippen LogP) is 2.29. The van der Waals surface area contributed by atoms with Crippen LogP contribution in [0.4, 0.5) is 11.6 Å². The zero-order valence-electron chi connectivity index (χ0n) is 8.50. The van der Waals surface area contributed by atoms with Gasteiger partial charge in [-0.15, -0.1) is 0 Å². The number of benzene rings is 1. The number of aromatic nitrogens is 2. The van der Waals surface area contributed by atoms with E-state index in [1.807, 2.05) is 0 Å². The third kappa shape index (κ3) is 2.31. The van der Waals surface area contributed by atoms with E-state index in [4.69, 9.17) is 17.3 Å². The Bertz CT molecular complexity index is 588. The van der Waals surface area contributed by atoms with Crippen molar-refractivity contribution in [2.24, 2.45) is 0 Å². The summed E-state index contributed by atoms with van der Waals surface area (Å²) in [5, 5.41) is 10.8. The summed E-state index contributed by atoms with van der Waals surface area (Å²) in [4.78, 5) is 17.9. The summed E-state index contributed by atoms with van der Waals surface area (Å²) in [6, 6.07) is 6.05. The van der Waals surface area contributed by atoms with E-state index in [-0.39, 0.29) is 16.7 Å². The molecule has 0 saturated heterocycles. The van der Waals surface area contributed by atoms with Gasteiger partial charge in [-0.1, -0.05) is 17.7 Å². The van der Waals surface area contributed by atoms with E-state index >= 15 is 0 Å². The van der Waals surface area contributed by atoms with Gasteiger partial charge in [0.2, 0.25) is 5.95 Å². The molecule has 0 bridgehead atoms. The lowest BCUT2D eigenvalue weighted by molar-refractivity contribution is -0.384. The Morgan fingerprint density at radius 2 is 2.12 bits per heavy atom. The van der Waals surface area contributed by atoms with Crippen LogP contribution in [0, 0.1) is 10.1 Å². The molecule has 0 unspecified atom stereocenters. The molecule has 1 aromatic heterocycles. The molecule has 2 rings (SSSR count). The maximum atomic E-state index is 10.7. The zero-order chi connectivity index (χ0) is 12.4. The van der Waals surface area contributed by atoms with Crippen LogP contribution in [0.15, 0.2) is 30.5 Å². The highest BCUT2D eigenvalue weighted by Gasteiger charge is 2.14. The fourth-order valence-corrected chi connectivity index (χ4v) is 1.53. The predicted molar refractivity (Wildman–Crippen MR) is 63.5 cm³/mol. The highest BCUT2D eigenvalue weighted by Crippen LogP contribution is 2.29. The van der Waals surface area contributed by atoms with Crippen LogP contribution in [0.3, 0.4) is 0 Å². The molecule has 1 aromatic carbocycles.